The zero-order valence-corrected chi connectivity index (χ0v) is 10.4. The molecule has 96 valence electrons. The van der Waals surface area contributed by atoms with Crippen LogP contribution in [0.25, 0.3) is 0 Å². The minimum atomic E-state index is -3.71. The lowest BCUT2D eigenvalue weighted by atomic mass is 10.4. The molecule has 0 aliphatic carbocycles. The van der Waals surface area contributed by atoms with E-state index in [4.69, 9.17) is 0 Å². The molecule has 0 unspecified atom stereocenters. The fraction of sp³-hybridized carbons (Fsp3) is 0.200. The van der Waals surface area contributed by atoms with E-state index >= 15 is 0 Å². The van der Waals surface area contributed by atoms with Gasteiger partial charge in [-0.2, -0.15) is 0 Å². The van der Waals surface area contributed by atoms with Crippen LogP contribution >= 0.6 is 0 Å². The van der Waals surface area contributed by atoms with Crippen LogP contribution in [0.15, 0.2) is 40.2 Å². The van der Waals surface area contributed by atoms with Crippen molar-refractivity contribution in [2.75, 3.05) is 16.6 Å². The van der Waals surface area contributed by atoms with Crippen molar-refractivity contribution in [1.29, 1.82) is 0 Å². The van der Waals surface area contributed by atoms with Crippen LogP contribution in [-0.4, -0.2) is 25.1 Å². The van der Waals surface area contributed by atoms with Gasteiger partial charge in [-0.25, -0.2) is 13.4 Å². The van der Waals surface area contributed by atoms with Gasteiger partial charge in [-0.3, -0.25) is 4.72 Å². The molecule has 0 fully saturated rings. The first-order chi connectivity index (χ1) is 8.63. The van der Waals surface area contributed by atoms with Crippen molar-refractivity contribution in [2.24, 2.45) is 0 Å². The molecule has 18 heavy (non-hydrogen) atoms. The smallest absolute Gasteiger partial charge is 0.265 e. The molecule has 2 heterocycles. The molecule has 0 amide bonds. The first kappa shape index (κ1) is 12.4. The molecule has 0 spiro atoms. The molecule has 0 aromatic carbocycles. The van der Waals surface area contributed by atoms with Gasteiger partial charge < -0.3 is 9.84 Å². The van der Waals surface area contributed by atoms with Crippen LogP contribution in [0.2, 0.25) is 0 Å². The van der Waals surface area contributed by atoms with Crippen LogP contribution < -0.4 is 10.0 Å². The maximum atomic E-state index is 12.1. The average Bonchev–Trinajstić information content (AvgIpc) is 2.82. The van der Waals surface area contributed by atoms with E-state index in [0.29, 0.717) is 12.4 Å². The van der Waals surface area contributed by atoms with E-state index in [1.165, 1.54) is 24.7 Å². The predicted octanol–water partition coefficient (Wildman–Crippen LogP) is 1.30. The highest BCUT2D eigenvalue weighted by atomic mass is 32.2. The second kappa shape index (κ2) is 5.05. The van der Waals surface area contributed by atoms with Gasteiger partial charge in [0.05, 0.1) is 6.20 Å². The summed E-state index contributed by atoms with van der Waals surface area (Å²) in [5, 5.41) is 6.32. The third-order valence-corrected chi connectivity index (χ3v) is 3.50. The molecule has 8 heteroatoms. The van der Waals surface area contributed by atoms with E-state index in [0.717, 1.165) is 0 Å². The van der Waals surface area contributed by atoms with Crippen molar-refractivity contribution >= 4 is 21.5 Å². The van der Waals surface area contributed by atoms with Gasteiger partial charge in [0.15, 0.2) is 0 Å². The SMILES string of the molecule is CCNc1ncccc1S(=O)(=O)Nc1cnoc1. The lowest BCUT2D eigenvalue weighted by molar-refractivity contribution is 0.420. The van der Waals surface area contributed by atoms with Gasteiger partial charge in [0.1, 0.15) is 22.7 Å². The number of nitrogens with one attached hydrogen (secondary N) is 2. The summed E-state index contributed by atoms with van der Waals surface area (Å²) in [6, 6.07) is 3.03. The Bertz CT molecular complexity index is 610. The first-order valence-electron chi connectivity index (χ1n) is 5.24. The Labute approximate surface area is 104 Å². The number of anilines is 2. The number of sulfonamides is 1. The summed E-state index contributed by atoms with van der Waals surface area (Å²) >= 11 is 0. The quantitative estimate of drug-likeness (QED) is 0.848. The van der Waals surface area contributed by atoms with Crippen molar-refractivity contribution in [1.82, 2.24) is 10.1 Å². The van der Waals surface area contributed by atoms with Crippen LogP contribution in [-0.2, 0) is 10.0 Å². The van der Waals surface area contributed by atoms with Gasteiger partial charge in [-0.05, 0) is 19.1 Å². The van der Waals surface area contributed by atoms with E-state index in [9.17, 15) is 8.42 Å². The largest absolute Gasteiger partial charge is 0.369 e. The molecule has 0 bridgehead atoms. The number of hydrogen-bond acceptors (Lipinski definition) is 6. The van der Waals surface area contributed by atoms with Gasteiger partial charge in [0.2, 0.25) is 0 Å². The monoisotopic (exact) mass is 268 g/mol. The molecule has 2 aromatic heterocycles. The van der Waals surface area contributed by atoms with Crippen LogP contribution in [0.5, 0.6) is 0 Å². The third-order valence-electron chi connectivity index (χ3n) is 2.09. The highest BCUT2D eigenvalue weighted by Gasteiger charge is 2.19. The number of hydrogen-bond donors (Lipinski definition) is 2. The molecule has 7 nitrogen and oxygen atoms in total. The maximum Gasteiger partial charge on any atom is 0.265 e. The van der Waals surface area contributed by atoms with Gasteiger partial charge in [0, 0.05) is 12.7 Å². The third kappa shape index (κ3) is 2.59. The molecule has 0 aliphatic rings. The standard InChI is InChI=1S/C10H12N4O3S/c1-2-11-10-9(4-3-5-12-10)18(15,16)14-8-6-13-17-7-8/h3-7,14H,2H2,1H3,(H,11,12). The first-order valence-corrected chi connectivity index (χ1v) is 6.73. The zero-order valence-electron chi connectivity index (χ0n) is 9.62. The molecule has 2 N–H and O–H groups in total. The van der Waals surface area contributed by atoms with Gasteiger partial charge >= 0.3 is 0 Å². The van der Waals surface area contributed by atoms with Crippen molar-refractivity contribution in [3.05, 3.63) is 30.8 Å². The summed E-state index contributed by atoms with van der Waals surface area (Å²) < 4.78 is 31.2. The molecule has 0 saturated heterocycles. The highest BCUT2D eigenvalue weighted by molar-refractivity contribution is 7.92. The van der Waals surface area contributed by atoms with Crippen LogP contribution in [0, 0.1) is 0 Å². The second-order valence-corrected chi connectivity index (χ2v) is 5.05. The minimum absolute atomic E-state index is 0.0769. The summed E-state index contributed by atoms with van der Waals surface area (Å²) in [5.74, 6) is 0.309. The Morgan fingerprint density at radius 1 is 1.44 bits per heavy atom. The Morgan fingerprint density at radius 2 is 2.28 bits per heavy atom. The number of rotatable bonds is 5. The number of nitrogens with zero attached hydrogens (tertiary/aromatic N) is 2. The van der Waals surface area contributed by atoms with Crippen molar-refractivity contribution in [3.8, 4) is 0 Å². The zero-order chi connectivity index (χ0) is 13.0. The molecule has 2 rings (SSSR count). The predicted molar refractivity (Wildman–Crippen MR) is 65.7 cm³/mol. The van der Waals surface area contributed by atoms with Gasteiger partial charge in [-0.1, -0.05) is 5.16 Å². The van der Waals surface area contributed by atoms with E-state index in [1.54, 1.807) is 6.07 Å². The van der Waals surface area contributed by atoms with E-state index in [1.807, 2.05) is 6.92 Å². The summed E-state index contributed by atoms with van der Waals surface area (Å²) in [5.41, 5.74) is 0.265. The fourth-order valence-corrected chi connectivity index (χ4v) is 2.53. The van der Waals surface area contributed by atoms with Crippen LogP contribution in [0.1, 0.15) is 6.92 Å². The highest BCUT2D eigenvalue weighted by Crippen LogP contribution is 2.21. The molecule has 2 aromatic rings. The molecule has 0 atom stereocenters. The number of pyridine rings is 1. The Morgan fingerprint density at radius 3 is 2.94 bits per heavy atom. The lowest BCUT2D eigenvalue weighted by Crippen LogP contribution is -2.15. The summed E-state index contributed by atoms with van der Waals surface area (Å²) in [6.45, 7) is 2.44. The van der Waals surface area contributed by atoms with E-state index in [2.05, 4.69) is 24.7 Å². The van der Waals surface area contributed by atoms with E-state index < -0.39 is 10.0 Å². The second-order valence-electron chi connectivity index (χ2n) is 3.40. The van der Waals surface area contributed by atoms with Crippen LogP contribution in [0.4, 0.5) is 11.5 Å². The van der Waals surface area contributed by atoms with Gasteiger partial charge in [-0.15, -0.1) is 0 Å². The van der Waals surface area contributed by atoms with Gasteiger partial charge in [0.25, 0.3) is 10.0 Å². The summed E-state index contributed by atoms with van der Waals surface area (Å²) in [6.07, 6.45) is 4.01. The van der Waals surface area contributed by atoms with E-state index in [-0.39, 0.29) is 10.6 Å². The number of aromatic nitrogens is 2. The Balaban J connectivity index is 2.35. The maximum absolute atomic E-state index is 12.1. The van der Waals surface area contributed by atoms with Crippen molar-refractivity contribution < 1.29 is 12.9 Å². The minimum Gasteiger partial charge on any atom is -0.369 e. The molecule has 0 saturated carbocycles. The molecular formula is C10H12N4O3S. The molecule has 0 radical (unpaired) electrons. The fourth-order valence-electron chi connectivity index (χ4n) is 1.37. The Hall–Kier alpha value is -2.09. The molecule has 0 aliphatic heterocycles. The Kier molecular flexibility index (Phi) is 3.47. The summed E-state index contributed by atoms with van der Waals surface area (Å²) in [7, 11) is -3.71. The van der Waals surface area contributed by atoms with Crippen LogP contribution in [0.3, 0.4) is 0 Å². The van der Waals surface area contributed by atoms with Crippen molar-refractivity contribution in [3.63, 3.8) is 0 Å². The molecular weight excluding hydrogens is 256 g/mol. The lowest BCUT2D eigenvalue weighted by Gasteiger charge is -2.10. The summed E-state index contributed by atoms with van der Waals surface area (Å²) in [4.78, 5) is 4.07. The normalized spacial score (nSPS) is 11.2. The topological polar surface area (TPSA) is 97.1 Å². The average molecular weight is 268 g/mol. The van der Waals surface area contributed by atoms with Crippen molar-refractivity contribution in [2.45, 2.75) is 11.8 Å².